The molecule has 7 nitrogen and oxygen atoms in total. The molecule has 0 fully saturated rings. The number of fused-ring (bicyclic) bond motifs is 2. The van der Waals surface area contributed by atoms with E-state index in [9.17, 15) is 0 Å². The lowest BCUT2D eigenvalue weighted by atomic mass is 10.0. The molecule has 2 aromatic heterocycles. The zero-order valence-electron chi connectivity index (χ0n) is 18.3. The van der Waals surface area contributed by atoms with Crippen LogP contribution in [-0.4, -0.2) is 58.1 Å². The van der Waals surface area contributed by atoms with Crippen molar-refractivity contribution in [3.8, 4) is 22.6 Å². The van der Waals surface area contributed by atoms with Crippen LogP contribution in [0.4, 0.5) is 0 Å². The van der Waals surface area contributed by atoms with Gasteiger partial charge in [-0.3, -0.25) is 5.10 Å². The van der Waals surface area contributed by atoms with Gasteiger partial charge in [0.05, 0.1) is 11.7 Å². The number of rotatable bonds is 6. The van der Waals surface area contributed by atoms with Gasteiger partial charge in [0.25, 0.3) is 0 Å². The Morgan fingerprint density at radius 2 is 1.97 bits per heavy atom. The lowest BCUT2D eigenvalue weighted by Crippen LogP contribution is -2.23. The van der Waals surface area contributed by atoms with Gasteiger partial charge in [0.1, 0.15) is 11.6 Å². The molecular weight excluding hydrogens is 422 g/mol. The fraction of sp³-hybridized carbons (Fsp3) is 0.292. The lowest BCUT2D eigenvalue weighted by Gasteiger charge is -2.25. The molecule has 1 unspecified atom stereocenters. The smallest absolute Gasteiger partial charge is 0.192 e. The van der Waals surface area contributed by atoms with Crippen molar-refractivity contribution in [1.82, 2.24) is 25.1 Å². The fourth-order valence-electron chi connectivity index (χ4n) is 3.65. The number of hydrogen-bond acceptors (Lipinski definition) is 7. The van der Waals surface area contributed by atoms with E-state index >= 15 is 0 Å². The molecule has 1 N–H and O–H groups in total. The number of ether oxygens (including phenoxy) is 2. The van der Waals surface area contributed by atoms with E-state index in [0.717, 1.165) is 56.5 Å². The molecule has 0 saturated heterocycles. The monoisotopic (exact) mass is 447 g/mol. The molecule has 3 heterocycles. The normalized spacial score (nSPS) is 15.4. The molecule has 8 heteroatoms. The standard InChI is InChI=1S/C24H25N5O2S/c1-15-18(13-25-28-15)16-8-9-19-17(12-16)24(32-11-10-29(2)3)27-23(26-19)22-14-30-20-6-4-5-7-21(20)31-22/h4-9,12-13,22H,10-11,14H2,1-3H3,(H,25,28). The summed E-state index contributed by atoms with van der Waals surface area (Å²) < 4.78 is 12.1. The summed E-state index contributed by atoms with van der Waals surface area (Å²) in [5.74, 6) is 3.05. The largest absolute Gasteiger partial charge is 0.485 e. The highest BCUT2D eigenvalue weighted by Gasteiger charge is 2.26. The van der Waals surface area contributed by atoms with E-state index < -0.39 is 0 Å². The first-order chi connectivity index (χ1) is 15.6. The molecule has 1 aliphatic rings. The molecule has 32 heavy (non-hydrogen) atoms. The quantitative estimate of drug-likeness (QED) is 0.345. The Kier molecular flexibility index (Phi) is 5.71. The van der Waals surface area contributed by atoms with Gasteiger partial charge < -0.3 is 14.4 Å². The first-order valence-corrected chi connectivity index (χ1v) is 11.5. The minimum absolute atomic E-state index is 0.349. The molecule has 1 aliphatic heterocycles. The Morgan fingerprint density at radius 1 is 1.12 bits per heavy atom. The maximum Gasteiger partial charge on any atom is 0.192 e. The van der Waals surface area contributed by atoms with Crippen molar-refractivity contribution in [2.45, 2.75) is 18.1 Å². The fourth-order valence-corrected chi connectivity index (χ4v) is 4.78. The first-order valence-electron chi connectivity index (χ1n) is 10.6. The first kappa shape index (κ1) is 20.8. The van der Waals surface area contributed by atoms with Gasteiger partial charge in [0.15, 0.2) is 23.4 Å². The Morgan fingerprint density at radius 3 is 2.75 bits per heavy atom. The van der Waals surface area contributed by atoms with Gasteiger partial charge in [0, 0.05) is 28.9 Å². The molecule has 5 rings (SSSR count). The molecular formula is C24H25N5O2S. The highest BCUT2D eigenvalue weighted by Crippen LogP contribution is 2.37. The second-order valence-corrected chi connectivity index (χ2v) is 9.13. The van der Waals surface area contributed by atoms with Crippen LogP contribution >= 0.6 is 11.8 Å². The predicted molar refractivity (Wildman–Crippen MR) is 126 cm³/mol. The molecule has 0 radical (unpaired) electrons. The van der Waals surface area contributed by atoms with Crippen molar-refractivity contribution < 1.29 is 9.47 Å². The van der Waals surface area contributed by atoms with Gasteiger partial charge in [-0.15, -0.1) is 11.8 Å². The maximum atomic E-state index is 6.18. The maximum absolute atomic E-state index is 6.18. The number of hydrogen-bond donors (Lipinski definition) is 1. The second kappa shape index (κ2) is 8.80. The third-order valence-electron chi connectivity index (χ3n) is 5.39. The van der Waals surface area contributed by atoms with Crippen molar-refractivity contribution in [3.63, 3.8) is 0 Å². The number of aromatic amines is 1. The number of thioether (sulfide) groups is 1. The van der Waals surface area contributed by atoms with Crippen molar-refractivity contribution in [2.24, 2.45) is 0 Å². The van der Waals surface area contributed by atoms with Gasteiger partial charge in [-0.05, 0) is 50.8 Å². The summed E-state index contributed by atoms with van der Waals surface area (Å²) in [6, 6.07) is 14.0. The van der Waals surface area contributed by atoms with Gasteiger partial charge in [0.2, 0.25) is 0 Å². The average Bonchev–Trinajstić information content (AvgIpc) is 3.24. The van der Waals surface area contributed by atoms with Gasteiger partial charge in [-0.1, -0.05) is 18.2 Å². The molecule has 0 bridgehead atoms. The van der Waals surface area contributed by atoms with E-state index in [4.69, 9.17) is 19.4 Å². The third kappa shape index (κ3) is 4.16. The summed E-state index contributed by atoms with van der Waals surface area (Å²) in [6.07, 6.45) is 1.51. The Hall–Kier alpha value is -3.10. The minimum atomic E-state index is -0.349. The van der Waals surface area contributed by atoms with Gasteiger partial charge >= 0.3 is 0 Å². The van der Waals surface area contributed by atoms with Crippen molar-refractivity contribution in [3.05, 3.63) is 60.2 Å². The van der Waals surface area contributed by atoms with Gasteiger partial charge in [-0.25, -0.2) is 9.97 Å². The zero-order chi connectivity index (χ0) is 22.1. The molecule has 4 aromatic rings. The zero-order valence-corrected chi connectivity index (χ0v) is 19.1. The van der Waals surface area contributed by atoms with Crippen molar-refractivity contribution in [2.75, 3.05) is 33.0 Å². The van der Waals surface area contributed by atoms with Crippen LogP contribution in [0.1, 0.15) is 17.6 Å². The molecule has 1 atom stereocenters. The molecule has 164 valence electrons. The van der Waals surface area contributed by atoms with Crippen LogP contribution in [-0.2, 0) is 0 Å². The Labute approximate surface area is 191 Å². The van der Waals surface area contributed by atoms with Crippen LogP contribution in [0.2, 0.25) is 0 Å². The number of aromatic nitrogens is 4. The minimum Gasteiger partial charge on any atom is -0.485 e. The van der Waals surface area contributed by atoms with Crippen LogP contribution in [0.15, 0.2) is 53.7 Å². The van der Waals surface area contributed by atoms with Gasteiger partial charge in [-0.2, -0.15) is 5.10 Å². The summed E-state index contributed by atoms with van der Waals surface area (Å²) in [5, 5.41) is 9.17. The predicted octanol–water partition coefficient (Wildman–Crippen LogP) is 4.49. The van der Waals surface area contributed by atoms with E-state index in [1.165, 1.54) is 0 Å². The second-order valence-electron chi connectivity index (χ2n) is 8.04. The summed E-state index contributed by atoms with van der Waals surface area (Å²) in [4.78, 5) is 12.0. The third-order valence-corrected chi connectivity index (χ3v) is 6.36. The SMILES string of the molecule is Cc1[nH]ncc1-c1ccc2nc(C3COc4ccccc4O3)nc(SCCN(C)C)c2c1. The molecule has 0 saturated carbocycles. The van der Waals surface area contributed by atoms with E-state index in [-0.39, 0.29) is 6.10 Å². The van der Waals surface area contributed by atoms with Crippen LogP contribution in [0.3, 0.4) is 0 Å². The van der Waals surface area contributed by atoms with Crippen molar-refractivity contribution >= 4 is 22.7 Å². The van der Waals surface area contributed by atoms with E-state index in [2.05, 4.69) is 47.4 Å². The van der Waals surface area contributed by atoms with E-state index in [0.29, 0.717) is 12.4 Å². The summed E-state index contributed by atoms with van der Waals surface area (Å²) >= 11 is 1.74. The highest BCUT2D eigenvalue weighted by atomic mass is 32.2. The van der Waals surface area contributed by atoms with Crippen molar-refractivity contribution in [1.29, 1.82) is 0 Å². The number of para-hydroxylation sites is 2. The number of nitrogens with zero attached hydrogens (tertiary/aromatic N) is 4. The number of H-pyrrole nitrogens is 1. The van der Waals surface area contributed by atoms with E-state index in [1.807, 2.05) is 37.4 Å². The summed E-state index contributed by atoms with van der Waals surface area (Å²) in [7, 11) is 4.16. The lowest BCUT2D eigenvalue weighted by molar-refractivity contribution is 0.0849. The van der Waals surface area contributed by atoms with Crippen LogP contribution in [0.5, 0.6) is 11.5 Å². The Bertz CT molecular complexity index is 1260. The number of benzene rings is 2. The number of nitrogens with one attached hydrogen (secondary N) is 1. The number of aryl methyl sites for hydroxylation is 1. The average molecular weight is 448 g/mol. The molecule has 0 amide bonds. The van der Waals surface area contributed by atoms with Crippen LogP contribution in [0.25, 0.3) is 22.0 Å². The molecule has 0 aliphatic carbocycles. The summed E-state index contributed by atoms with van der Waals surface area (Å²) in [5.41, 5.74) is 4.12. The van der Waals surface area contributed by atoms with E-state index in [1.54, 1.807) is 11.8 Å². The summed E-state index contributed by atoms with van der Waals surface area (Å²) in [6.45, 7) is 3.37. The Balaban J connectivity index is 1.54. The molecule has 0 spiro atoms. The van der Waals surface area contributed by atoms with Crippen LogP contribution in [0, 0.1) is 6.92 Å². The highest BCUT2D eigenvalue weighted by molar-refractivity contribution is 7.99. The topological polar surface area (TPSA) is 76.2 Å². The molecule has 2 aromatic carbocycles. The van der Waals surface area contributed by atoms with Crippen LogP contribution < -0.4 is 9.47 Å².